The third-order valence-corrected chi connectivity index (χ3v) is 5.18. The van der Waals surface area contributed by atoms with Gasteiger partial charge in [-0.3, -0.25) is 4.98 Å². The van der Waals surface area contributed by atoms with Crippen molar-refractivity contribution in [3.05, 3.63) is 83.7 Å². The van der Waals surface area contributed by atoms with Crippen LogP contribution in [0.25, 0.3) is 0 Å². The highest BCUT2D eigenvalue weighted by molar-refractivity contribution is 6.02. The summed E-state index contributed by atoms with van der Waals surface area (Å²) in [5.74, 6) is 1.42. The smallest absolute Gasteiger partial charge is 0.215 e. The zero-order valence-electron chi connectivity index (χ0n) is 15.3. The van der Waals surface area contributed by atoms with Gasteiger partial charge in [-0.05, 0) is 30.3 Å². The maximum absolute atomic E-state index is 9.90. The molecule has 0 spiro atoms. The normalized spacial score (nSPS) is 20.0. The predicted octanol–water partition coefficient (Wildman–Crippen LogP) is 4.04. The summed E-state index contributed by atoms with van der Waals surface area (Å²) in [6, 6.07) is 17.4. The molecule has 0 saturated heterocycles. The molecule has 3 heterocycles. The minimum Gasteiger partial charge on any atom is -0.504 e. The molecule has 3 aromatic rings. The number of benzene rings is 2. The fourth-order valence-corrected chi connectivity index (χ4v) is 3.81. The van der Waals surface area contributed by atoms with E-state index >= 15 is 0 Å². The molecule has 0 amide bonds. The first kappa shape index (κ1) is 16.6. The molecule has 28 heavy (non-hydrogen) atoms. The van der Waals surface area contributed by atoms with Gasteiger partial charge in [0.05, 0.1) is 18.9 Å². The maximum atomic E-state index is 9.90. The van der Waals surface area contributed by atoms with Crippen molar-refractivity contribution in [3.8, 4) is 17.2 Å². The van der Waals surface area contributed by atoms with E-state index in [4.69, 9.17) is 14.6 Å². The SMILES string of the molecule is COc1cc(C2=NN3[C@H](C2)c2ccccc2O[C@H]3c2cccnc2)ccc1O. The van der Waals surface area contributed by atoms with Crippen LogP contribution in [0.2, 0.25) is 0 Å². The number of para-hydroxylation sites is 1. The number of aromatic hydroxyl groups is 1. The fraction of sp³-hybridized carbons (Fsp3) is 0.182. The molecule has 0 bridgehead atoms. The van der Waals surface area contributed by atoms with Gasteiger partial charge < -0.3 is 14.6 Å². The van der Waals surface area contributed by atoms with Crippen LogP contribution in [0.1, 0.15) is 35.4 Å². The molecule has 6 nitrogen and oxygen atoms in total. The number of hydrogen-bond donors (Lipinski definition) is 1. The topological polar surface area (TPSA) is 67.2 Å². The maximum Gasteiger partial charge on any atom is 0.215 e. The first-order valence-corrected chi connectivity index (χ1v) is 9.13. The Labute approximate surface area is 162 Å². The number of phenols is 1. The Morgan fingerprint density at radius 3 is 2.86 bits per heavy atom. The van der Waals surface area contributed by atoms with Crippen molar-refractivity contribution in [1.82, 2.24) is 9.99 Å². The lowest BCUT2D eigenvalue weighted by Gasteiger charge is -2.38. The van der Waals surface area contributed by atoms with Crippen LogP contribution >= 0.6 is 0 Å². The summed E-state index contributed by atoms with van der Waals surface area (Å²) in [4.78, 5) is 4.24. The molecule has 0 unspecified atom stereocenters. The van der Waals surface area contributed by atoms with Crippen LogP contribution in [0.4, 0.5) is 0 Å². The molecule has 2 aliphatic heterocycles. The lowest BCUT2D eigenvalue weighted by Crippen LogP contribution is -2.33. The van der Waals surface area contributed by atoms with E-state index in [0.717, 1.165) is 34.6 Å². The number of methoxy groups -OCH3 is 1. The van der Waals surface area contributed by atoms with Crippen molar-refractivity contribution in [2.45, 2.75) is 18.7 Å². The summed E-state index contributed by atoms with van der Waals surface area (Å²) in [5.41, 5.74) is 3.92. The van der Waals surface area contributed by atoms with Gasteiger partial charge in [0.25, 0.3) is 0 Å². The van der Waals surface area contributed by atoms with E-state index in [-0.39, 0.29) is 18.0 Å². The van der Waals surface area contributed by atoms with Crippen molar-refractivity contribution < 1.29 is 14.6 Å². The number of nitrogens with zero attached hydrogens (tertiary/aromatic N) is 3. The quantitative estimate of drug-likeness (QED) is 0.751. The van der Waals surface area contributed by atoms with Crippen LogP contribution in [0.3, 0.4) is 0 Å². The molecule has 0 saturated carbocycles. The minimum absolute atomic E-state index is 0.0740. The predicted molar refractivity (Wildman–Crippen MR) is 104 cm³/mol. The van der Waals surface area contributed by atoms with Gasteiger partial charge in [0.15, 0.2) is 11.5 Å². The molecular formula is C22H19N3O3. The zero-order chi connectivity index (χ0) is 19.1. The molecule has 140 valence electrons. The van der Waals surface area contributed by atoms with Gasteiger partial charge >= 0.3 is 0 Å². The van der Waals surface area contributed by atoms with E-state index in [1.807, 2.05) is 53.7 Å². The average Bonchev–Trinajstić information content (AvgIpc) is 3.20. The monoisotopic (exact) mass is 373 g/mol. The second-order valence-corrected chi connectivity index (χ2v) is 6.83. The van der Waals surface area contributed by atoms with Gasteiger partial charge in [-0.1, -0.05) is 24.3 Å². The molecule has 5 rings (SSSR count). The van der Waals surface area contributed by atoms with E-state index in [9.17, 15) is 5.11 Å². The number of ether oxygens (including phenoxy) is 2. The number of phenolic OH excluding ortho intramolecular Hbond substituents is 1. The van der Waals surface area contributed by atoms with E-state index in [0.29, 0.717) is 5.75 Å². The first-order chi connectivity index (χ1) is 13.7. The number of rotatable bonds is 3. The summed E-state index contributed by atoms with van der Waals surface area (Å²) in [7, 11) is 1.54. The molecule has 2 atom stereocenters. The second kappa shape index (κ2) is 6.56. The van der Waals surface area contributed by atoms with Crippen LogP contribution in [0.15, 0.2) is 72.1 Å². The largest absolute Gasteiger partial charge is 0.504 e. The number of hydrogen-bond acceptors (Lipinski definition) is 6. The fourth-order valence-electron chi connectivity index (χ4n) is 3.81. The van der Waals surface area contributed by atoms with Crippen LogP contribution in [-0.4, -0.2) is 27.9 Å². The van der Waals surface area contributed by atoms with Gasteiger partial charge in [0.2, 0.25) is 6.23 Å². The molecule has 2 aliphatic rings. The minimum atomic E-state index is -0.342. The average molecular weight is 373 g/mol. The number of aromatic nitrogens is 1. The van der Waals surface area contributed by atoms with Crippen molar-refractivity contribution in [1.29, 1.82) is 0 Å². The summed E-state index contributed by atoms with van der Waals surface area (Å²) in [5, 5.41) is 16.8. The standard InChI is InChI=1S/C22H19N3O3/c1-27-21-11-14(8-9-19(21)26)17-12-18-16-6-2-3-7-20(16)28-22(25(18)24-17)15-5-4-10-23-13-15/h2-11,13,18,22,26H,12H2,1H3/t18-,22+/m1/s1. The van der Waals surface area contributed by atoms with Gasteiger partial charge in [0.1, 0.15) is 5.75 Å². The highest BCUT2D eigenvalue weighted by Crippen LogP contribution is 2.47. The first-order valence-electron chi connectivity index (χ1n) is 9.13. The van der Waals surface area contributed by atoms with Crippen LogP contribution in [-0.2, 0) is 0 Å². The number of fused-ring (bicyclic) bond motifs is 3. The molecule has 0 radical (unpaired) electrons. The molecule has 1 aromatic heterocycles. The number of pyridine rings is 1. The van der Waals surface area contributed by atoms with Gasteiger partial charge in [-0.25, -0.2) is 5.01 Å². The second-order valence-electron chi connectivity index (χ2n) is 6.83. The highest BCUT2D eigenvalue weighted by atomic mass is 16.5. The lowest BCUT2D eigenvalue weighted by molar-refractivity contribution is -0.0192. The van der Waals surface area contributed by atoms with E-state index < -0.39 is 0 Å². The molecule has 0 fully saturated rings. The van der Waals surface area contributed by atoms with Crippen LogP contribution < -0.4 is 9.47 Å². The van der Waals surface area contributed by atoms with Gasteiger partial charge in [-0.2, -0.15) is 5.10 Å². The summed E-state index contributed by atoms with van der Waals surface area (Å²) in [6.45, 7) is 0. The molecule has 6 heteroatoms. The Kier molecular flexibility index (Phi) is 3.90. The van der Waals surface area contributed by atoms with E-state index in [1.54, 1.807) is 19.4 Å². The molecular weight excluding hydrogens is 354 g/mol. The Hall–Kier alpha value is -3.54. The third kappa shape index (κ3) is 2.65. The summed E-state index contributed by atoms with van der Waals surface area (Å²) in [6.07, 6.45) is 3.96. The molecule has 2 aromatic carbocycles. The molecule has 1 N–H and O–H groups in total. The lowest BCUT2D eigenvalue weighted by atomic mass is 9.96. The summed E-state index contributed by atoms with van der Waals surface area (Å²) >= 11 is 0. The van der Waals surface area contributed by atoms with Crippen LogP contribution in [0, 0.1) is 0 Å². The highest BCUT2D eigenvalue weighted by Gasteiger charge is 2.40. The van der Waals surface area contributed by atoms with E-state index in [1.165, 1.54) is 0 Å². The van der Waals surface area contributed by atoms with Crippen molar-refractivity contribution in [2.24, 2.45) is 5.10 Å². The Morgan fingerprint density at radius 2 is 2.04 bits per heavy atom. The third-order valence-electron chi connectivity index (χ3n) is 5.18. The van der Waals surface area contributed by atoms with Crippen molar-refractivity contribution in [3.63, 3.8) is 0 Å². The Bertz CT molecular complexity index is 1050. The van der Waals surface area contributed by atoms with Crippen molar-refractivity contribution in [2.75, 3.05) is 7.11 Å². The number of hydrazone groups is 1. The Balaban J connectivity index is 1.58. The zero-order valence-corrected chi connectivity index (χ0v) is 15.3. The molecule has 0 aliphatic carbocycles. The summed E-state index contributed by atoms with van der Waals surface area (Å²) < 4.78 is 11.6. The Morgan fingerprint density at radius 1 is 1.14 bits per heavy atom. The van der Waals surface area contributed by atoms with Gasteiger partial charge in [0, 0.05) is 35.5 Å². The van der Waals surface area contributed by atoms with Gasteiger partial charge in [-0.15, -0.1) is 0 Å². The van der Waals surface area contributed by atoms with E-state index in [2.05, 4.69) is 11.1 Å². The van der Waals surface area contributed by atoms with Crippen molar-refractivity contribution >= 4 is 5.71 Å². The van der Waals surface area contributed by atoms with Crippen LogP contribution in [0.5, 0.6) is 17.2 Å².